The molecule has 37 heavy (non-hydrogen) atoms. The summed E-state index contributed by atoms with van der Waals surface area (Å²) in [6, 6.07) is 3.29. The van der Waals surface area contributed by atoms with Gasteiger partial charge in [0.15, 0.2) is 11.5 Å². The van der Waals surface area contributed by atoms with Gasteiger partial charge >= 0.3 is 24.2 Å². The summed E-state index contributed by atoms with van der Waals surface area (Å²) in [6.07, 6.45) is 1.71. The zero-order valence-electron chi connectivity index (χ0n) is 22.1. The van der Waals surface area contributed by atoms with Crippen LogP contribution < -0.4 is 14.8 Å². The van der Waals surface area contributed by atoms with E-state index in [9.17, 15) is 24.3 Å². The maximum Gasteiger partial charge on any atom is 0.513 e. The van der Waals surface area contributed by atoms with E-state index in [4.69, 9.17) is 23.7 Å². The van der Waals surface area contributed by atoms with Crippen molar-refractivity contribution in [1.29, 1.82) is 0 Å². The molecular weight excluding hydrogens is 486 g/mol. The Morgan fingerprint density at radius 2 is 1.51 bits per heavy atom. The topological polar surface area (TPSA) is 147 Å². The van der Waals surface area contributed by atoms with Crippen LogP contribution in [0.1, 0.15) is 71.8 Å². The van der Waals surface area contributed by atoms with Crippen LogP contribution in [0.2, 0.25) is 0 Å². The molecule has 0 heterocycles. The summed E-state index contributed by atoms with van der Waals surface area (Å²) in [6.45, 7) is 7.79. The minimum Gasteiger partial charge on any atom is -0.480 e. The van der Waals surface area contributed by atoms with Crippen LogP contribution in [0.15, 0.2) is 18.2 Å². The van der Waals surface area contributed by atoms with E-state index in [0.717, 1.165) is 19.3 Å². The first kappa shape index (κ1) is 31.7. The van der Waals surface area contributed by atoms with Crippen LogP contribution in [0.5, 0.6) is 11.5 Å². The third-order valence-corrected chi connectivity index (χ3v) is 4.95. The van der Waals surface area contributed by atoms with E-state index in [-0.39, 0.29) is 43.6 Å². The Bertz CT molecular complexity index is 873. The zero-order valence-corrected chi connectivity index (χ0v) is 22.1. The smallest absolute Gasteiger partial charge is 0.480 e. The Labute approximate surface area is 217 Å². The Balaban J connectivity index is 2.89. The quantitative estimate of drug-likeness (QED) is 0.127. The zero-order chi connectivity index (χ0) is 27.6. The standard InChI is InChI=1S/C26H39NO10/c1-5-8-9-10-23(28)35-18(4)17-27-20(24(29)30)15-19-11-12-21(36-25(31)33-13-6-2)22(16-19)37-26(32)34-14-7-3/h11-12,16,18,20,27H,5-10,13-15,17H2,1-4H3,(H,29,30)/t18?,20-/m0/s1. The number of hydrogen-bond donors (Lipinski definition) is 2. The van der Waals surface area contributed by atoms with E-state index >= 15 is 0 Å². The number of nitrogens with one attached hydrogen (secondary N) is 1. The van der Waals surface area contributed by atoms with Crippen molar-refractivity contribution in [3.8, 4) is 11.5 Å². The van der Waals surface area contributed by atoms with E-state index < -0.39 is 30.4 Å². The molecule has 0 amide bonds. The third-order valence-electron chi connectivity index (χ3n) is 4.95. The summed E-state index contributed by atoms with van der Waals surface area (Å²) < 4.78 is 25.5. The number of benzene rings is 1. The van der Waals surface area contributed by atoms with Crippen LogP contribution in [-0.4, -0.2) is 61.3 Å². The van der Waals surface area contributed by atoms with Crippen molar-refractivity contribution in [1.82, 2.24) is 5.32 Å². The summed E-state index contributed by atoms with van der Waals surface area (Å²) in [5, 5.41) is 12.6. The number of carboxylic acid groups (broad SMARTS) is 1. The maximum atomic E-state index is 12.0. The summed E-state index contributed by atoms with van der Waals surface area (Å²) in [5.41, 5.74) is 0.483. The second-order valence-electron chi connectivity index (χ2n) is 8.44. The van der Waals surface area contributed by atoms with Crippen molar-refractivity contribution < 1.29 is 48.0 Å². The van der Waals surface area contributed by atoms with Crippen LogP contribution in [0.4, 0.5) is 9.59 Å². The number of hydrogen-bond acceptors (Lipinski definition) is 10. The number of rotatable bonds is 17. The molecule has 11 heteroatoms. The van der Waals surface area contributed by atoms with E-state index in [1.807, 2.05) is 20.8 Å². The Kier molecular flexibility index (Phi) is 15.4. The maximum absolute atomic E-state index is 12.0. The summed E-state index contributed by atoms with van der Waals surface area (Å²) in [5.74, 6) is -1.64. The largest absolute Gasteiger partial charge is 0.513 e. The average Bonchev–Trinajstić information content (AvgIpc) is 2.85. The fourth-order valence-corrected chi connectivity index (χ4v) is 3.09. The van der Waals surface area contributed by atoms with E-state index in [2.05, 4.69) is 5.32 Å². The highest BCUT2D eigenvalue weighted by Crippen LogP contribution is 2.30. The van der Waals surface area contributed by atoms with Gasteiger partial charge in [0.1, 0.15) is 12.1 Å². The number of ether oxygens (including phenoxy) is 5. The first-order valence-corrected chi connectivity index (χ1v) is 12.7. The number of aliphatic carboxylic acids is 1. The Hall–Kier alpha value is -3.34. The van der Waals surface area contributed by atoms with Crippen LogP contribution in [0.25, 0.3) is 0 Å². The molecule has 11 nitrogen and oxygen atoms in total. The number of unbranched alkanes of at least 4 members (excludes halogenated alkanes) is 2. The van der Waals surface area contributed by atoms with Gasteiger partial charge in [-0.1, -0.05) is 39.7 Å². The van der Waals surface area contributed by atoms with E-state index in [0.29, 0.717) is 24.8 Å². The predicted octanol–water partition coefficient (Wildman–Crippen LogP) is 4.63. The Morgan fingerprint density at radius 1 is 0.892 bits per heavy atom. The Morgan fingerprint density at radius 3 is 2.08 bits per heavy atom. The molecule has 2 atom stereocenters. The summed E-state index contributed by atoms with van der Waals surface area (Å²) in [7, 11) is 0. The lowest BCUT2D eigenvalue weighted by atomic mass is 10.0. The molecule has 0 aliphatic rings. The van der Waals surface area contributed by atoms with Gasteiger partial charge in [-0.3, -0.25) is 9.59 Å². The second kappa shape index (κ2) is 18.0. The van der Waals surface area contributed by atoms with Crippen LogP contribution in [0.3, 0.4) is 0 Å². The SMILES string of the molecule is CCCCCC(=O)OC(C)CN[C@@H](Cc1ccc(OC(=O)OCCC)c(OC(=O)OCCC)c1)C(=O)O. The van der Waals surface area contributed by atoms with Crippen LogP contribution in [-0.2, 0) is 30.2 Å². The molecule has 1 unspecified atom stereocenters. The fraction of sp³-hybridized carbons (Fsp3) is 0.615. The molecule has 0 aliphatic heterocycles. The van der Waals surface area contributed by atoms with Gasteiger partial charge in [0, 0.05) is 13.0 Å². The van der Waals surface area contributed by atoms with Gasteiger partial charge in [-0.05, 0) is 50.3 Å². The first-order chi connectivity index (χ1) is 17.7. The molecule has 1 rings (SSSR count). The third kappa shape index (κ3) is 13.5. The van der Waals surface area contributed by atoms with E-state index in [1.165, 1.54) is 12.1 Å². The molecule has 0 saturated carbocycles. The molecule has 1 aromatic carbocycles. The fourth-order valence-electron chi connectivity index (χ4n) is 3.09. The molecule has 0 spiro atoms. The van der Waals surface area contributed by atoms with Crippen molar-refractivity contribution in [3.05, 3.63) is 23.8 Å². The molecule has 0 fully saturated rings. The molecule has 1 aromatic rings. The molecule has 0 aromatic heterocycles. The number of carbonyl (C=O) groups excluding carboxylic acids is 3. The van der Waals surface area contributed by atoms with Crippen molar-refractivity contribution in [3.63, 3.8) is 0 Å². The molecule has 2 N–H and O–H groups in total. The van der Waals surface area contributed by atoms with Gasteiger partial charge in [-0.2, -0.15) is 0 Å². The van der Waals surface area contributed by atoms with Gasteiger partial charge in [-0.15, -0.1) is 0 Å². The van der Waals surface area contributed by atoms with Crippen molar-refractivity contribution in [2.45, 2.75) is 84.8 Å². The lowest BCUT2D eigenvalue weighted by molar-refractivity contribution is -0.148. The lowest BCUT2D eigenvalue weighted by Crippen LogP contribution is -2.42. The number of esters is 1. The highest BCUT2D eigenvalue weighted by Gasteiger charge is 2.22. The highest BCUT2D eigenvalue weighted by atomic mass is 16.7. The first-order valence-electron chi connectivity index (χ1n) is 12.7. The predicted molar refractivity (Wildman–Crippen MR) is 134 cm³/mol. The molecule has 0 radical (unpaired) electrons. The number of carboxylic acids is 1. The average molecular weight is 526 g/mol. The molecular formula is C26H39NO10. The summed E-state index contributed by atoms with van der Waals surface area (Å²) in [4.78, 5) is 47.6. The van der Waals surface area contributed by atoms with Gasteiger partial charge in [0.25, 0.3) is 0 Å². The molecule has 0 aliphatic carbocycles. The van der Waals surface area contributed by atoms with Crippen LogP contribution >= 0.6 is 0 Å². The molecule has 0 bridgehead atoms. The van der Waals surface area contributed by atoms with Gasteiger partial charge < -0.3 is 34.1 Å². The summed E-state index contributed by atoms with van der Waals surface area (Å²) >= 11 is 0. The van der Waals surface area contributed by atoms with Gasteiger partial charge in [0.05, 0.1) is 13.2 Å². The normalized spacial score (nSPS) is 12.2. The molecule has 0 saturated heterocycles. The monoisotopic (exact) mass is 525 g/mol. The molecule has 208 valence electrons. The van der Waals surface area contributed by atoms with Crippen molar-refractivity contribution >= 4 is 24.2 Å². The minimum absolute atomic E-state index is 0.00737. The van der Waals surface area contributed by atoms with E-state index in [1.54, 1.807) is 13.0 Å². The second-order valence-corrected chi connectivity index (χ2v) is 8.44. The van der Waals surface area contributed by atoms with Crippen molar-refractivity contribution in [2.24, 2.45) is 0 Å². The van der Waals surface area contributed by atoms with Gasteiger partial charge in [-0.25, -0.2) is 9.59 Å². The number of carbonyl (C=O) groups is 4. The lowest BCUT2D eigenvalue weighted by Gasteiger charge is -2.19. The van der Waals surface area contributed by atoms with Crippen molar-refractivity contribution in [2.75, 3.05) is 19.8 Å². The van der Waals surface area contributed by atoms with Crippen LogP contribution in [0, 0.1) is 0 Å². The minimum atomic E-state index is -1.12. The highest BCUT2D eigenvalue weighted by molar-refractivity contribution is 5.74. The van der Waals surface area contributed by atoms with Gasteiger partial charge in [0.2, 0.25) is 0 Å².